The Bertz CT molecular complexity index is 665. The lowest BCUT2D eigenvalue weighted by Gasteiger charge is -2.24. The van der Waals surface area contributed by atoms with Gasteiger partial charge in [0.15, 0.2) is 0 Å². The van der Waals surface area contributed by atoms with Crippen molar-refractivity contribution in [2.75, 3.05) is 13.1 Å². The van der Waals surface area contributed by atoms with Crippen LogP contribution in [0.25, 0.3) is 11.3 Å². The van der Waals surface area contributed by atoms with Crippen LogP contribution in [0.15, 0.2) is 30.6 Å². The molecule has 22 heavy (non-hydrogen) atoms. The zero-order chi connectivity index (χ0) is 14.8. The molecule has 0 bridgehead atoms. The van der Waals surface area contributed by atoms with Crippen molar-refractivity contribution in [1.29, 1.82) is 0 Å². The third-order valence-corrected chi connectivity index (χ3v) is 4.62. The molecule has 0 unspecified atom stereocenters. The third kappa shape index (κ3) is 2.59. The van der Waals surface area contributed by atoms with E-state index in [0.29, 0.717) is 0 Å². The van der Waals surface area contributed by atoms with Crippen molar-refractivity contribution in [2.45, 2.75) is 38.2 Å². The maximum atomic E-state index is 6.23. The molecule has 1 fully saturated rings. The van der Waals surface area contributed by atoms with Crippen LogP contribution in [-0.4, -0.2) is 29.2 Å². The molecule has 4 rings (SSSR count). The molecule has 114 valence electrons. The van der Waals surface area contributed by atoms with E-state index in [1.807, 2.05) is 0 Å². The Balaban J connectivity index is 1.71. The quantitative estimate of drug-likeness (QED) is 0.925. The Morgan fingerprint density at radius 1 is 1.05 bits per heavy atom. The van der Waals surface area contributed by atoms with Gasteiger partial charge in [-0.2, -0.15) is 0 Å². The van der Waals surface area contributed by atoms with Crippen molar-refractivity contribution in [3.63, 3.8) is 0 Å². The predicted molar refractivity (Wildman–Crippen MR) is 86.0 cm³/mol. The molecule has 0 spiro atoms. The highest BCUT2D eigenvalue weighted by Gasteiger charge is 2.22. The molecule has 2 heterocycles. The second-order valence-corrected chi connectivity index (χ2v) is 6.08. The number of piperidine rings is 1. The van der Waals surface area contributed by atoms with Crippen molar-refractivity contribution in [3.05, 3.63) is 41.7 Å². The summed E-state index contributed by atoms with van der Waals surface area (Å²) in [4.78, 5) is 9.02. The maximum Gasteiger partial charge on any atom is 0.220 e. The normalized spacial score (nSPS) is 18.2. The van der Waals surface area contributed by atoms with E-state index in [1.54, 1.807) is 6.33 Å². The van der Waals surface area contributed by atoms with Crippen LogP contribution in [0.1, 0.15) is 30.4 Å². The number of fused-ring (bicyclic) bond motifs is 3. The SMILES string of the molecule is c1ccc2c(c1)CCCc1c(OC3CCNCC3)ncnc1-2. The van der Waals surface area contributed by atoms with E-state index in [2.05, 4.69) is 39.6 Å². The van der Waals surface area contributed by atoms with Crippen LogP contribution in [0.3, 0.4) is 0 Å². The lowest BCUT2D eigenvalue weighted by Crippen LogP contribution is -2.34. The second kappa shape index (κ2) is 6.05. The summed E-state index contributed by atoms with van der Waals surface area (Å²) < 4.78 is 6.23. The lowest BCUT2D eigenvalue weighted by molar-refractivity contribution is 0.154. The Morgan fingerprint density at radius 3 is 2.82 bits per heavy atom. The summed E-state index contributed by atoms with van der Waals surface area (Å²) in [5.74, 6) is 0.800. The van der Waals surface area contributed by atoms with E-state index in [0.717, 1.165) is 56.8 Å². The fourth-order valence-electron chi connectivity index (χ4n) is 3.45. The first kappa shape index (κ1) is 13.7. The molecule has 0 amide bonds. The van der Waals surface area contributed by atoms with E-state index in [9.17, 15) is 0 Å². The molecule has 1 saturated heterocycles. The highest BCUT2D eigenvalue weighted by molar-refractivity contribution is 5.69. The average Bonchev–Trinajstić information content (AvgIpc) is 2.76. The van der Waals surface area contributed by atoms with E-state index >= 15 is 0 Å². The monoisotopic (exact) mass is 295 g/mol. The van der Waals surface area contributed by atoms with Crippen LogP contribution in [-0.2, 0) is 12.8 Å². The van der Waals surface area contributed by atoms with Crippen LogP contribution >= 0.6 is 0 Å². The van der Waals surface area contributed by atoms with Gasteiger partial charge in [0.1, 0.15) is 12.4 Å². The zero-order valence-electron chi connectivity index (χ0n) is 12.7. The van der Waals surface area contributed by atoms with Gasteiger partial charge in [-0.25, -0.2) is 9.97 Å². The summed E-state index contributed by atoms with van der Waals surface area (Å²) in [5, 5.41) is 3.37. The molecule has 1 aliphatic heterocycles. The van der Waals surface area contributed by atoms with Gasteiger partial charge in [-0.1, -0.05) is 24.3 Å². The van der Waals surface area contributed by atoms with Gasteiger partial charge in [-0.3, -0.25) is 0 Å². The van der Waals surface area contributed by atoms with Crippen LogP contribution in [0.4, 0.5) is 0 Å². The molecule has 4 heteroatoms. The minimum absolute atomic E-state index is 0.277. The number of hydrogen-bond donors (Lipinski definition) is 1. The van der Waals surface area contributed by atoms with Crippen LogP contribution in [0, 0.1) is 0 Å². The van der Waals surface area contributed by atoms with Crippen molar-refractivity contribution < 1.29 is 4.74 Å². The topological polar surface area (TPSA) is 47.0 Å². The van der Waals surface area contributed by atoms with Gasteiger partial charge in [0, 0.05) is 11.1 Å². The van der Waals surface area contributed by atoms with Gasteiger partial charge >= 0.3 is 0 Å². The molecule has 4 nitrogen and oxygen atoms in total. The maximum absolute atomic E-state index is 6.23. The van der Waals surface area contributed by atoms with E-state index in [-0.39, 0.29) is 6.10 Å². The largest absolute Gasteiger partial charge is 0.474 e. The molecule has 2 aliphatic rings. The average molecular weight is 295 g/mol. The number of aromatic nitrogens is 2. The Kier molecular flexibility index (Phi) is 3.77. The number of hydrogen-bond acceptors (Lipinski definition) is 4. The fraction of sp³-hybridized carbons (Fsp3) is 0.444. The molecule has 0 atom stereocenters. The summed E-state index contributed by atoms with van der Waals surface area (Å²) in [6.07, 6.45) is 7.24. The van der Waals surface area contributed by atoms with Gasteiger partial charge in [0.05, 0.1) is 5.69 Å². The molecular formula is C18H21N3O. The first-order valence-electron chi connectivity index (χ1n) is 8.21. The zero-order valence-corrected chi connectivity index (χ0v) is 12.7. The molecule has 1 N–H and O–H groups in total. The van der Waals surface area contributed by atoms with Crippen molar-refractivity contribution >= 4 is 0 Å². The second-order valence-electron chi connectivity index (χ2n) is 6.08. The summed E-state index contributed by atoms with van der Waals surface area (Å²) in [6, 6.07) is 8.57. The minimum Gasteiger partial charge on any atom is -0.474 e. The van der Waals surface area contributed by atoms with Gasteiger partial charge in [-0.05, 0) is 50.8 Å². The van der Waals surface area contributed by atoms with Gasteiger partial charge < -0.3 is 10.1 Å². The van der Waals surface area contributed by atoms with Crippen molar-refractivity contribution in [3.8, 4) is 17.1 Å². The molecule has 2 aromatic rings. The summed E-state index contributed by atoms with van der Waals surface area (Å²) in [5.41, 5.74) is 4.87. The van der Waals surface area contributed by atoms with Crippen molar-refractivity contribution in [1.82, 2.24) is 15.3 Å². The number of ether oxygens (including phenoxy) is 1. The standard InChI is InChI=1S/C18H21N3O/c1-2-6-15-13(4-1)5-3-7-16-17(15)20-12-21-18(16)22-14-8-10-19-11-9-14/h1-2,4,6,12,14,19H,3,5,7-11H2. The van der Waals surface area contributed by atoms with Gasteiger partial charge in [-0.15, -0.1) is 0 Å². The van der Waals surface area contributed by atoms with Gasteiger partial charge in [0.2, 0.25) is 5.88 Å². The molecule has 0 radical (unpaired) electrons. The van der Waals surface area contributed by atoms with E-state index in [1.165, 1.54) is 16.7 Å². The number of benzene rings is 1. The van der Waals surface area contributed by atoms with Crippen molar-refractivity contribution in [2.24, 2.45) is 0 Å². The number of aryl methyl sites for hydroxylation is 1. The fourth-order valence-corrected chi connectivity index (χ4v) is 3.45. The van der Waals surface area contributed by atoms with E-state index < -0.39 is 0 Å². The van der Waals surface area contributed by atoms with Crippen LogP contribution < -0.4 is 10.1 Å². The first-order valence-corrected chi connectivity index (χ1v) is 8.21. The Labute approximate surface area is 130 Å². The summed E-state index contributed by atoms with van der Waals surface area (Å²) in [6.45, 7) is 2.06. The highest BCUT2D eigenvalue weighted by Crippen LogP contribution is 2.34. The first-order chi connectivity index (χ1) is 10.9. The number of nitrogens with one attached hydrogen (secondary N) is 1. The predicted octanol–water partition coefficient (Wildman–Crippen LogP) is 2.76. The molecule has 1 aliphatic carbocycles. The highest BCUT2D eigenvalue weighted by atomic mass is 16.5. The molecular weight excluding hydrogens is 274 g/mol. The molecule has 0 saturated carbocycles. The Hall–Kier alpha value is -1.94. The number of nitrogens with zero attached hydrogens (tertiary/aromatic N) is 2. The molecule has 1 aromatic carbocycles. The van der Waals surface area contributed by atoms with Gasteiger partial charge in [0.25, 0.3) is 0 Å². The van der Waals surface area contributed by atoms with E-state index in [4.69, 9.17) is 4.74 Å². The smallest absolute Gasteiger partial charge is 0.220 e. The Morgan fingerprint density at radius 2 is 1.91 bits per heavy atom. The minimum atomic E-state index is 0.277. The third-order valence-electron chi connectivity index (χ3n) is 4.62. The number of rotatable bonds is 2. The lowest BCUT2D eigenvalue weighted by atomic mass is 10.0. The summed E-state index contributed by atoms with van der Waals surface area (Å²) >= 11 is 0. The molecule has 1 aromatic heterocycles. The summed E-state index contributed by atoms with van der Waals surface area (Å²) in [7, 11) is 0. The van der Waals surface area contributed by atoms with Crippen LogP contribution in [0.2, 0.25) is 0 Å². The van der Waals surface area contributed by atoms with Crippen LogP contribution in [0.5, 0.6) is 5.88 Å².